The molecule has 0 bridgehead atoms. The molecule has 0 unspecified atom stereocenters. The molecule has 0 saturated carbocycles. The molecule has 0 atom stereocenters. The zero-order valence-electron chi connectivity index (χ0n) is 9.17. The number of fused-ring (bicyclic) bond motifs is 3. The van der Waals surface area contributed by atoms with Crippen molar-refractivity contribution in [1.29, 1.82) is 0 Å². The standard InChI is InChI=1S/C14H11.Li/c1-10-6-7-12-9-8-11-4-2-3-5-13(11)14(10)12;/h2-5,8-9H,7H2,1H3;/q-1;+1. The molecule has 0 heterocycles. The van der Waals surface area contributed by atoms with E-state index in [1.807, 2.05) is 0 Å². The van der Waals surface area contributed by atoms with E-state index in [0.29, 0.717) is 0 Å². The molecular formula is C14H11Li. The van der Waals surface area contributed by atoms with Gasteiger partial charge in [-0.25, -0.2) is 5.57 Å². The molecule has 1 aliphatic rings. The third-order valence-electron chi connectivity index (χ3n) is 2.93. The molecule has 0 nitrogen and oxygen atoms in total. The van der Waals surface area contributed by atoms with Gasteiger partial charge in [0, 0.05) is 0 Å². The largest absolute Gasteiger partial charge is 1.00 e. The summed E-state index contributed by atoms with van der Waals surface area (Å²) in [5.41, 5.74) is 4.13. The van der Waals surface area contributed by atoms with E-state index in [1.54, 1.807) is 0 Å². The van der Waals surface area contributed by atoms with Crippen molar-refractivity contribution >= 4 is 16.3 Å². The quantitative estimate of drug-likeness (QED) is 0.417. The maximum absolute atomic E-state index is 3.39. The fraction of sp³-hybridized carbons (Fsp3) is 0.143. The van der Waals surface area contributed by atoms with E-state index in [-0.39, 0.29) is 18.9 Å². The Bertz CT molecular complexity index is 538. The fourth-order valence-electron chi connectivity index (χ4n) is 2.22. The van der Waals surface area contributed by atoms with Gasteiger partial charge in [-0.1, -0.05) is 48.7 Å². The summed E-state index contributed by atoms with van der Waals surface area (Å²) < 4.78 is 0. The SMILES string of the molecule is CC1=[C-]Cc2ccc3ccccc3c21.[Li+]. The van der Waals surface area contributed by atoms with Crippen LogP contribution in [-0.2, 0) is 6.42 Å². The Hall–Kier alpha value is -0.963. The first-order valence-corrected chi connectivity index (χ1v) is 4.95. The van der Waals surface area contributed by atoms with Crippen LogP contribution >= 0.6 is 0 Å². The molecule has 1 aliphatic carbocycles. The van der Waals surface area contributed by atoms with Crippen molar-refractivity contribution in [2.24, 2.45) is 0 Å². The van der Waals surface area contributed by atoms with E-state index in [9.17, 15) is 0 Å². The van der Waals surface area contributed by atoms with Crippen LogP contribution in [0, 0.1) is 6.08 Å². The Morgan fingerprint density at radius 2 is 1.87 bits per heavy atom. The van der Waals surface area contributed by atoms with Gasteiger partial charge in [-0.3, -0.25) is 6.08 Å². The molecule has 3 rings (SSSR count). The first-order chi connectivity index (χ1) is 6.86. The normalized spacial score (nSPS) is 13.3. The molecule has 15 heavy (non-hydrogen) atoms. The summed E-state index contributed by atoms with van der Waals surface area (Å²) in [4.78, 5) is 0. The number of hydrogen-bond donors (Lipinski definition) is 0. The van der Waals surface area contributed by atoms with Crippen molar-refractivity contribution in [1.82, 2.24) is 0 Å². The van der Waals surface area contributed by atoms with Crippen molar-refractivity contribution < 1.29 is 18.9 Å². The molecule has 0 aliphatic heterocycles. The van der Waals surface area contributed by atoms with Gasteiger partial charge in [0.25, 0.3) is 0 Å². The third-order valence-corrected chi connectivity index (χ3v) is 2.93. The minimum absolute atomic E-state index is 0. The van der Waals surface area contributed by atoms with E-state index in [4.69, 9.17) is 0 Å². The summed E-state index contributed by atoms with van der Waals surface area (Å²) in [5.74, 6) is 0. The van der Waals surface area contributed by atoms with Gasteiger partial charge in [0.15, 0.2) is 0 Å². The van der Waals surface area contributed by atoms with Crippen molar-refractivity contribution in [3.63, 3.8) is 0 Å². The molecule has 0 aromatic heterocycles. The summed E-state index contributed by atoms with van der Waals surface area (Å²) in [7, 11) is 0. The second-order valence-corrected chi connectivity index (χ2v) is 3.80. The second-order valence-electron chi connectivity index (χ2n) is 3.80. The van der Waals surface area contributed by atoms with Crippen LogP contribution in [0.2, 0.25) is 0 Å². The molecule has 0 amide bonds. The minimum Gasteiger partial charge on any atom is -0.269 e. The Morgan fingerprint density at radius 3 is 2.73 bits per heavy atom. The maximum Gasteiger partial charge on any atom is 1.00 e. The van der Waals surface area contributed by atoms with Crippen LogP contribution in [0.25, 0.3) is 16.3 Å². The monoisotopic (exact) mass is 186 g/mol. The van der Waals surface area contributed by atoms with Crippen LogP contribution in [0.1, 0.15) is 18.1 Å². The summed E-state index contributed by atoms with van der Waals surface area (Å²) in [6.07, 6.45) is 4.37. The smallest absolute Gasteiger partial charge is 0.269 e. The first kappa shape index (κ1) is 10.6. The summed E-state index contributed by atoms with van der Waals surface area (Å²) in [5, 5.41) is 2.70. The predicted octanol–water partition coefficient (Wildman–Crippen LogP) is 0.606. The van der Waals surface area contributed by atoms with E-state index in [1.165, 1.54) is 27.5 Å². The van der Waals surface area contributed by atoms with Gasteiger partial charge in [-0.15, -0.1) is 12.0 Å². The topological polar surface area (TPSA) is 0 Å². The predicted molar refractivity (Wildman–Crippen MR) is 60.0 cm³/mol. The van der Waals surface area contributed by atoms with Crippen LogP contribution in [0.5, 0.6) is 0 Å². The average molecular weight is 186 g/mol. The molecule has 0 fully saturated rings. The van der Waals surface area contributed by atoms with Crippen LogP contribution in [0.4, 0.5) is 0 Å². The fourth-order valence-corrected chi connectivity index (χ4v) is 2.22. The molecule has 0 N–H and O–H groups in total. The molecule has 2 aromatic carbocycles. The summed E-state index contributed by atoms with van der Waals surface area (Å²) in [6, 6.07) is 13.0. The van der Waals surface area contributed by atoms with Gasteiger partial charge in [0.2, 0.25) is 0 Å². The Morgan fingerprint density at radius 1 is 1.07 bits per heavy atom. The summed E-state index contributed by atoms with van der Waals surface area (Å²) in [6.45, 7) is 2.15. The van der Waals surface area contributed by atoms with Gasteiger partial charge < -0.3 is 0 Å². The molecule has 0 spiro atoms. The van der Waals surface area contributed by atoms with E-state index < -0.39 is 0 Å². The van der Waals surface area contributed by atoms with Gasteiger partial charge in [-0.2, -0.15) is 5.56 Å². The molecule has 2 aromatic rings. The number of allylic oxidation sites excluding steroid dienone is 2. The zero-order valence-corrected chi connectivity index (χ0v) is 9.17. The Kier molecular flexibility index (Phi) is 2.74. The summed E-state index contributed by atoms with van der Waals surface area (Å²) >= 11 is 0. The van der Waals surface area contributed by atoms with Crippen molar-refractivity contribution in [3.8, 4) is 0 Å². The first-order valence-electron chi connectivity index (χ1n) is 4.95. The van der Waals surface area contributed by atoms with Crippen molar-refractivity contribution in [2.45, 2.75) is 13.3 Å². The van der Waals surface area contributed by atoms with Crippen LogP contribution in [-0.4, -0.2) is 0 Å². The van der Waals surface area contributed by atoms with Crippen LogP contribution in [0.15, 0.2) is 36.4 Å². The van der Waals surface area contributed by atoms with Crippen molar-refractivity contribution in [2.75, 3.05) is 0 Å². The van der Waals surface area contributed by atoms with Gasteiger partial charge in [0.1, 0.15) is 0 Å². The zero-order chi connectivity index (χ0) is 9.54. The number of rotatable bonds is 0. The van der Waals surface area contributed by atoms with E-state index in [0.717, 1.165) is 6.42 Å². The number of hydrogen-bond acceptors (Lipinski definition) is 0. The van der Waals surface area contributed by atoms with Gasteiger partial charge in [0.05, 0.1) is 0 Å². The average Bonchev–Trinajstić information content (AvgIpc) is 2.61. The van der Waals surface area contributed by atoms with E-state index >= 15 is 0 Å². The number of benzene rings is 2. The molecule has 1 heteroatoms. The third kappa shape index (κ3) is 1.55. The molecular weight excluding hydrogens is 175 g/mol. The Balaban J connectivity index is 0.000000853. The minimum atomic E-state index is 0. The van der Waals surface area contributed by atoms with Crippen molar-refractivity contribution in [3.05, 3.63) is 53.6 Å². The second kappa shape index (κ2) is 3.89. The molecule has 0 saturated heterocycles. The maximum atomic E-state index is 3.39. The Labute approximate surface area is 102 Å². The van der Waals surface area contributed by atoms with Crippen LogP contribution in [0.3, 0.4) is 0 Å². The van der Waals surface area contributed by atoms with E-state index in [2.05, 4.69) is 49.4 Å². The van der Waals surface area contributed by atoms with Gasteiger partial charge in [-0.05, 0) is 5.39 Å². The van der Waals surface area contributed by atoms with Crippen LogP contribution < -0.4 is 18.9 Å². The molecule has 0 radical (unpaired) electrons. The van der Waals surface area contributed by atoms with Gasteiger partial charge >= 0.3 is 18.9 Å². The molecule has 68 valence electrons.